The van der Waals surface area contributed by atoms with Crippen molar-refractivity contribution in [2.24, 2.45) is 22.7 Å². The lowest BCUT2D eigenvalue weighted by Crippen LogP contribution is -2.55. The molecule has 0 aromatic carbocycles. The van der Waals surface area contributed by atoms with E-state index in [1.54, 1.807) is 18.5 Å². The van der Waals surface area contributed by atoms with Crippen molar-refractivity contribution in [2.75, 3.05) is 13.1 Å². The molecule has 0 unspecified atom stereocenters. The summed E-state index contributed by atoms with van der Waals surface area (Å²) in [5.41, 5.74) is 1.19. The van der Waals surface area contributed by atoms with Crippen molar-refractivity contribution < 1.29 is 9.59 Å². The number of piperidine rings is 1. The number of fused-ring (bicyclic) bond motifs is 2. The van der Waals surface area contributed by atoms with E-state index in [9.17, 15) is 9.59 Å². The fourth-order valence-electron chi connectivity index (χ4n) is 4.42. The molecule has 2 aromatic rings. The molecular formula is C21H28N4O2. The number of nitrogens with zero attached hydrogens (tertiary/aromatic N) is 2. The van der Waals surface area contributed by atoms with Crippen LogP contribution in [0.3, 0.4) is 0 Å². The third-order valence-electron chi connectivity index (χ3n) is 6.48. The van der Waals surface area contributed by atoms with Crippen LogP contribution in [-0.2, 0) is 4.79 Å². The molecule has 2 fully saturated rings. The van der Waals surface area contributed by atoms with E-state index in [1.165, 1.54) is 0 Å². The zero-order valence-electron chi connectivity index (χ0n) is 16.7. The van der Waals surface area contributed by atoms with E-state index < -0.39 is 6.04 Å². The van der Waals surface area contributed by atoms with Gasteiger partial charge in [0, 0.05) is 30.9 Å². The topological polar surface area (TPSA) is 78.1 Å². The number of nitrogens with one attached hydrogen (secondary N) is 2. The Morgan fingerprint density at radius 1 is 1.30 bits per heavy atom. The van der Waals surface area contributed by atoms with Crippen molar-refractivity contribution in [3.05, 3.63) is 30.1 Å². The van der Waals surface area contributed by atoms with E-state index in [0.29, 0.717) is 22.8 Å². The van der Waals surface area contributed by atoms with E-state index in [4.69, 9.17) is 0 Å². The first-order valence-electron chi connectivity index (χ1n) is 9.62. The summed E-state index contributed by atoms with van der Waals surface area (Å²) in [6, 6.07) is 3.11. The van der Waals surface area contributed by atoms with Gasteiger partial charge in [-0.1, -0.05) is 34.6 Å². The van der Waals surface area contributed by atoms with Crippen molar-refractivity contribution in [2.45, 2.75) is 40.7 Å². The molecule has 2 aliphatic rings. The number of pyridine rings is 1. The molecule has 1 aliphatic carbocycles. The molecule has 27 heavy (non-hydrogen) atoms. The second kappa shape index (κ2) is 5.81. The fraction of sp³-hybridized carbons (Fsp3) is 0.571. The van der Waals surface area contributed by atoms with Gasteiger partial charge >= 0.3 is 0 Å². The zero-order chi connectivity index (χ0) is 19.6. The molecule has 0 spiro atoms. The third-order valence-corrected chi connectivity index (χ3v) is 6.48. The minimum absolute atomic E-state index is 0.0227. The summed E-state index contributed by atoms with van der Waals surface area (Å²) in [4.78, 5) is 35.3. The molecule has 1 aliphatic heterocycles. The highest BCUT2D eigenvalue weighted by Gasteiger charge is 2.63. The van der Waals surface area contributed by atoms with Crippen LogP contribution in [0.25, 0.3) is 11.0 Å². The van der Waals surface area contributed by atoms with Crippen molar-refractivity contribution in [1.82, 2.24) is 20.2 Å². The molecule has 0 radical (unpaired) electrons. The van der Waals surface area contributed by atoms with Crippen LogP contribution in [-0.4, -0.2) is 45.8 Å². The van der Waals surface area contributed by atoms with Crippen LogP contribution in [0.5, 0.6) is 0 Å². The molecule has 4 rings (SSSR count). The lowest BCUT2D eigenvalue weighted by molar-refractivity contribution is -0.135. The summed E-state index contributed by atoms with van der Waals surface area (Å²) >= 11 is 0. The van der Waals surface area contributed by atoms with Gasteiger partial charge in [-0.25, -0.2) is 4.98 Å². The van der Waals surface area contributed by atoms with Crippen molar-refractivity contribution in [3.8, 4) is 0 Å². The minimum atomic E-state index is -0.562. The molecular weight excluding hydrogens is 340 g/mol. The molecule has 3 atom stereocenters. The van der Waals surface area contributed by atoms with Crippen LogP contribution >= 0.6 is 0 Å². The van der Waals surface area contributed by atoms with E-state index in [0.717, 1.165) is 24.1 Å². The molecule has 1 saturated heterocycles. The Hall–Kier alpha value is -2.37. The number of rotatable bonds is 3. The summed E-state index contributed by atoms with van der Waals surface area (Å²) in [7, 11) is 0. The van der Waals surface area contributed by atoms with Gasteiger partial charge in [0.25, 0.3) is 5.91 Å². The highest BCUT2D eigenvalue weighted by Crippen LogP contribution is 2.62. The quantitative estimate of drug-likeness (QED) is 0.874. The summed E-state index contributed by atoms with van der Waals surface area (Å²) in [5, 5.41) is 3.85. The molecule has 3 heterocycles. The van der Waals surface area contributed by atoms with Gasteiger partial charge in [0.05, 0.1) is 5.56 Å². The van der Waals surface area contributed by atoms with Crippen molar-refractivity contribution in [3.63, 3.8) is 0 Å². The number of aromatic amines is 1. The first kappa shape index (κ1) is 18.0. The second-order valence-electron chi connectivity index (χ2n) is 9.69. The van der Waals surface area contributed by atoms with Gasteiger partial charge in [-0.05, 0) is 34.8 Å². The van der Waals surface area contributed by atoms with E-state index >= 15 is 0 Å². The number of H-pyrrole nitrogens is 1. The van der Waals surface area contributed by atoms with Gasteiger partial charge in [-0.15, -0.1) is 0 Å². The number of amides is 2. The normalized spacial score (nSPS) is 24.6. The predicted molar refractivity (Wildman–Crippen MR) is 104 cm³/mol. The molecule has 144 valence electrons. The Morgan fingerprint density at radius 3 is 2.59 bits per heavy atom. The second-order valence-corrected chi connectivity index (χ2v) is 9.69. The molecule has 6 heteroatoms. The highest BCUT2D eigenvalue weighted by atomic mass is 16.2. The van der Waals surface area contributed by atoms with Crippen LogP contribution < -0.4 is 5.32 Å². The number of likely N-dealkylation sites (tertiary alicyclic amines) is 1. The number of hydrogen-bond acceptors (Lipinski definition) is 3. The van der Waals surface area contributed by atoms with Crippen molar-refractivity contribution in [1.29, 1.82) is 0 Å². The smallest absolute Gasteiger partial charge is 0.253 e. The van der Waals surface area contributed by atoms with Crippen LogP contribution in [0.1, 0.15) is 45.0 Å². The Bertz CT molecular complexity index is 894. The standard InChI is InChI=1S/C21H28N4O2/c1-20(2,3)16(19(27)25-10-14-15(11-25)21(14,4)5)24-18(26)13-8-12-6-7-22-17(12)23-9-13/h6-9,14-16H,10-11H2,1-5H3,(H,22,23)(H,24,26)/t14-,15+,16-/m1/s1. The lowest BCUT2D eigenvalue weighted by atomic mass is 9.85. The van der Waals surface area contributed by atoms with Gasteiger partial charge in [-0.2, -0.15) is 0 Å². The number of carbonyl (C=O) groups excluding carboxylic acids is 2. The molecule has 2 aromatic heterocycles. The van der Waals surface area contributed by atoms with Crippen LogP contribution in [0.4, 0.5) is 0 Å². The van der Waals surface area contributed by atoms with Gasteiger partial charge < -0.3 is 15.2 Å². The van der Waals surface area contributed by atoms with Crippen LogP contribution in [0.2, 0.25) is 0 Å². The molecule has 2 N–H and O–H groups in total. The Labute approximate surface area is 159 Å². The first-order chi connectivity index (χ1) is 12.6. The SMILES string of the molecule is CC(C)(C)[C@H](NC(=O)c1cnc2[nH]ccc2c1)C(=O)N1C[C@@H]2[C@H](C1)C2(C)C. The fourth-order valence-corrected chi connectivity index (χ4v) is 4.42. The van der Waals surface area contributed by atoms with Crippen LogP contribution in [0.15, 0.2) is 24.5 Å². The first-order valence-corrected chi connectivity index (χ1v) is 9.62. The average Bonchev–Trinajstić information content (AvgIpc) is 3.04. The average molecular weight is 368 g/mol. The molecule has 1 saturated carbocycles. The lowest BCUT2D eigenvalue weighted by Gasteiger charge is -2.34. The monoisotopic (exact) mass is 368 g/mol. The Balaban J connectivity index is 1.50. The van der Waals surface area contributed by atoms with Gasteiger partial charge in [-0.3, -0.25) is 9.59 Å². The number of hydrogen-bond donors (Lipinski definition) is 2. The van der Waals surface area contributed by atoms with Gasteiger partial charge in [0.15, 0.2) is 0 Å². The maximum Gasteiger partial charge on any atom is 0.253 e. The zero-order valence-corrected chi connectivity index (χ0v) is 16.7. The number of carbonyl (C=O) groups is 2. The third kappa shape index (κ3) is 3.01. The van der Waals surface area contributed by atoms with E-state index in [2.05, 4.69) is 29.1 Å². The largest absolute Gasteiger partial charge is 0.346 e. The minimum Gasteiger partial charge on any atom is -0.346 e. The molecule has 2 amide bonds. The Morgan fingerprint density at radius 2 is 1.96 bits per heavy atom. The maximum atomic E-state index is 13.2. The maximum absolute atomic E-state index is 13.2. The van der Waals surface area contributed by atoms with Gasteiger partial charge in [0.2, 0.25) is 5.91 Å². The number of aromatic nitrogens is 2. The summed E-state index contributed by atoms with van der Waals surface area (Å²) in [6.45, 7) is 12.1. The summed E-state index contributed by atoms with van der Waals surface area (Å²) < 4.78 is 0. The Kier molecular flexibility index (Phi) is 3.88. The van der Waals surface area contributed by atoms with E-state index in [1.807, 2.05) is 31.7 Å². The van der Waals surface area contributed by atoms with Gasteiger partial charge in [0.1, 0.15) is 11.7 Å². The predicted octanol–water partition coefficient (Wildman–Crippen LogP) is 2.82. The highest BCUT2D eigenvalue weighted by molar-refractivity contribution is 5.99. The molecule has 0 bridgehead atoms. The van der Waals surface area contributed by atoms with E-state index in [-0.39, 0.29) is 17.2 Å². The van der Waals surface area contributed by atoms with Crippen molar-refractivity contribution >= 4 is 22.8 Å². The summed E-state index contributed by atoms with van der Waals surface area (Å²) in [5.74, 6) is 0.953. The summed E-state index contributed by atoms with van der Waals surface area (Å²) in [6.07, 6.45) is 3.34. The van der Waals surface area contributed by atoms with Crippen LogP contribution in [0, 0.1) is 22.7 Å². The molecule has 6 nitrogen and oxygen atoms in total.